The predicted molar refractivity (Wildman–Crippen MR) is 47.4 cm³/mol. The van der Waals surface area contributed by atoms with E-state index in [0.29, 0.717) is 10.9 Å². The summed E-state index contributed by atoms with van der Waals surface area (Å²) in [5.74, 6) is 0.258. The number of nitrogens with zero attached hydrogens (tertiary/aromatic N) is 1. The van der Waals surface area contributed by atoms with Crippen molar-refractivity contribution in [3.8, 4) is 0 Å². The summed E-state index contributed by atoms with van der Waals surface area (Å²) in [6.07, 6.45) is 1.32. The van der Waals surface area contributed by atoms with E-state index >= 15 is 0 Å². The first-order valence-electron chi connectivity index (χ1n) is 3.54. The minimum Gasteiger partial charge on any atom is -0.384 e. The Balaban J connectivity index is 3.03. The zero-order valence-electron chi connectivity index (χ0n) is 6.50. The monoisotopic (exact) mass is 178 g/mol. The topological polar surface area (TPSA) is 105 Å². The van der Waals surface area contributed by atoms with Gasteiger partial charge in [-0.25, -0.2) is 9.78 Å². The first kappa shape index (κ1) is 7.53. The summed E-state index contributed by atoms with van der Waals surface area (Å²) in [7, 11) is 0. The third kappa shape index (κ3) is 1.18. The van der Waals surface area contributed by atoms with Crippen LogP contribution in [0.3, 0.4) is 0 Å². The number of anilines is 1. The number of nitrogens with two attached hydrogens (primary N) is 1. The number of pyridine rings is 1. The smallest absolute Gasteiger partial charge is 0.326 e. The van der Waals surface area contributed by atoms with Crippen LogP contribution in [0.1, 0.15) is 0 Å². The Kier molecular flexibility index (Phi) is 1.42. The van der Waals surface area contributed by atoms with Gasteiger partial charge in [-0.3, -0.25) is 9.78 Å². The van der Waals surface area contributed by atoms with Crippen molar-refractivity contribution in [2.45, 2.75) is 0 Å². The molecule has 0 amide bonds. The van der Waals surface area contributed by atoms with Crippen molar-refractivity contribution in [1.82, 2.24) is 15.0 Å². The molecular weight excluding hydrogens is 172 g/mol. The Labute approximate surface area is 71.4 Å². The maximum absolute atomic E-state index is 11.2. The molecule has 0 fully saturated rings. The number of nitrogens with one attached hydrogen (secondary N) is 2. The standard InChI is InChI=1S/C7H6N4O2/c8-5-1-4-3(2-9-5)6(12)11-7(13)10-4/h1-2H,(H2,8,9)(H2,10,11,12,13). The first-order chi connectivity index (χ1) is 6.16. The molecule has 4 N–H and O–H groups in total. The van der Waals surface area contributed by atoms with Crippen molar-refractivity contribution in [3.05, 3.63) is 33.1 Å². The Morgan fingerprint density at radius 2 is 2.08 bits per heavy atom. The van der Waals surface area contributed by atoms with E-state index in [0.717, 1.165) is 0 Å². The Hall–Kier alpha value is -2.11. The van der Waals surface area contributed by atoms with Gasteiger partial charge in [-0.15, -0.1) is 0 Å². The molecule has 0 saturated carbocycles. The van der Waals surface area contributed by atoms with Crippen LogP contribution in [0, 0.1) is 0 Å². The van der Waals surface area contributed by atoms with Gasteiger partial charge < -0.3 is 10.7 Å². The van der Waals surface area contributed by atoms with Crippen molar-refractivity contribution < 1.29 is 0 Å². The summed E-state index contributed by atoms with van der Waals surface area (Å²) >= 11 is 0. The van der Waals surface area contributed by atoms with Crippen molar-refractivity contribution in [2.75, 3.05) is 5.73 Å². The summed E-state index contributed by atoms with van der Waals surface area (Å²) in [5.41, 5.74) is 4.75. The second kappa shape index (κ2) is 2.44. The molecule has 0 aliphatic rings. The number of fused-ring (bicyclic) bond motifs is 1. The third-order valence-corrected chi connectivity index (χ3v) is 1.64. The van der Waals surface area contributed by atoms with Gasteiger partial charge in [0.1, 0.15) is 5.82 Å². The fraction of sp³-hybridized carbons (Fsp3) is 0. The van der Waals surface area contributed by atoms with Gasteiger partial charge in [-0.1, -0.05) is 0 Å². The van der Waals surface area contributed by atoms with E-state index in [1.165, 1.54) is 12.3 Å². The van der Waals surface area contributed by atoms with Gasteiger partial charge >= 0.3 is 5.69 Å². The molecule has 6 nitrogen and oxygen atoms in total. The molecule has 2 rings (SSSR count). The van der Waals surface area contributed by atoms with E-state index in [1.54, 1.807) is 0 Å². The van der Waals surface area contributed by atoms with Crippen LogP contribution in [-0.4, -0.2) is 15.0 Å². The molecule has 13 heavy (non-hydrogen) atoms. The third-order valence-electron chi connectivity index (χ3n) is 1.64. The minimum absolute atomic E-state index is 0.258. The maximum atomic E-state index is 11.2. The molecule has 2 heterocycles. The number of nitrogen functional groups attached to an aromatic ring is 1. The van der Waals surface area contributed by atoms with Gasteiger partial charge in [0.25, 0.3) is 5.56 Å². The number of H-pyrrole nitrogens is 2. The second-order valence-corrected chi connectivity index (χ2v) is 2.56. The highest BCUT2D eigenvalue weighted by Crippen LogP contribution is 2.05. The lowest BCUT2D eigenvalue weighted by atomic mass is 10.3. The lowest BCUT2D eigenvalue weighted by Crippen LogP contribution is -2.22. The van der Waals surface area contributed by atoms with Gasteiger partial charge in [-0.05, 0) is 0 Å². The van der Waals surface area contributed by atoms with Gasteiger partial charge in [0, 0.05) is 12.3 Å². The molecule has 0 radical (unpaired) electrons. The zero-order chi connectivity index (χ0) is 9.42. The van der Waals surface area contributed by atoms with Gasteiger partial charge in [0.2, 0.25) is 0 Å². The van der Waals surface area contributed by atoms with Crippen LogP contribution in [0.25, 0.3) is 10.9 Å². The quantitative estimate of drug-likeness (QED) is 0.490. The van der Waals surface area contributed by atoms with Crippen LogP contribution in [0.4, 0.5) is 5.82 Å². The highest BCUT2D eigenvalue weighted by Gasteiger charge is 2.00. The van der Waals surface area contributed by atoms with E-state index in [4.69, 9.17) is 5.73 Å². The average molecular weight is 178 g/mol. The molecule has 0 spiro atoms. The van der Waals surface area contributed by atoms with Crippen LogP contribution in [0.15, 0.2) is 21.9 Å². The molecule has 0 unspecified atom stereocenters. The Bertz CT molecular complexity index is 568. The largest absolute Gasteiger partial charge is 0.384 e. The van der Waals surface area contributed by atoms with Crippen LogP contribution < -0.4 is 17.0 Å². The van der Waals surface area contributed by atoms with Gasteiger partial charge in [0.05, 0.1) is 10.9 Å². The average Bonchev–Trinajstić information content (AvgIpc) is 2.02. The van der Waals surface area contributed by atoms with E-state index in [2.05, 4.69) is 15.0 Å². The maximum Gasteiger partial charge on any atom is 0.326 e. The molecular formula is C7H6N4O2. The van der Waals surface area contributed by atoms with Gasteiger partial charge in [-0.2, -0.15) is 0 Å². The molecule has 0 aliphatic heterocycles. The summed E-state index contributed by atoms with van der Waals surface area (Å²) < 4.78 is 0. The van der Waals surface area contributed by atoms with Crippen LogP contribution in [0.2, 0.25) is 0 Å². The number of aromatic nitrogens is 3. The molecule has 0 aliphatic carbocycles. The number of rotatable bonds is 0. The summed E-state index contributed by atoms with van der Waals surface area (Å²) in [6, 6.07) is 1.44. The van der Waals surface area contributed by atoms with E-state index in [-0.39, 0.29) is 5.82 Å². The second-order valence-electron chi connectivity index (χ2n) is 2.56. The normalized spacial score (nSPS) is 10.5. The van der Waals surface area contributed by atoms with E-state index in [9.17, 15) is 9.59 Å². The van der Waals surface area contributed by atoms with Crippen LogP contribution in [-0.2, 0) is 0 Å². The highest BCUT2D eigenvalue weighted by molar-refractivity contribution is 5.78. The van der Waals surface area contributed by atoms with Crippen molar-refractivity contribution in [3.63, 3.8) is 0 Å². The lowest BCUT2D eigenvalue weighted by Gasteiger charge is -1.95. The van der Waals surface area contributed by atoms with Crippen LogP contribution >= 0.6 is 0 Å². The fourth-order valence-electron chi connectivity index (χ4n) is 1.08. The minimum atomic E-state index is -0.553. The van der Waals surface area contributed by atoms with Crippen molar-refractivity contribution in [1.29, 1.82) is 0 Å². The van der Waals surface area contributed by atoms with E-state index < -0.39 is 11.2 Å². The Morgan fingerprint density at radius 3 is 2.85 bits per heavy atom. The molecule has 0 bridgehead atoms. The molecule has 0 atom stereocenters. The molecule has 2 aromatic heterocycles. The Morgan fingerprint density at radius 1 is 1.31 bits per heavy atom. The number of hydrogen-bond donors (Lipinski definition) is 3. The van der Waals surface area contributed by atoms with Crippen molar-refractivity contribution in [2.24, 2.45) is 0 Å². The highest BCUT2D eigenvalue weighted by atomic mass is 16.2. The van der Waals surface area contributed by atoms with Gasteiger partial charge in [0.15, 0.2) is 0 Å². The lowest BCUT2D eigenvalue weighted by molar-refractivity contribution is 1.08. The van der Waals surface area contributed by atoms with E-state index in [1.807, 2.05) is 0 Å². The van der Waals surface area contributed by atoms with Crippen LogP contribution in [0.5, 0.6) is 0 Å². The van der Waals surface area contributed by atoms with Crippen molar-refractivity contribution >= 4 is 16.7 Å². The predicted octanol–water partition coefficient (Wildman–Crippen LogP) is -0.806. The SMILES string of the molecule is Nc1cc2[nH]c(=O)[nH]c(=O)c2cn1. The fourth-order valence-corrected chi connectivity index (χ4v) is 1.08. The summed E-state index contributed by atoms with van der Waals surface area (Å²) in [6.45, 7) is 0. The molecule has 66 valence electrons. The zero-order valence-corrected chi connectivity index (χ0v) is 6.50. The number of aromatic amines is 2. The summed E-state index contributed by atoms with van der Waals surface area (Å²) in [5, 5.41) is 0.314. The molecule has 0 aromatic carbocycles. The number of hydrogen-bond acceptors (Lipinski definition) is 4. The summed E-state index contributed by atoms with van der Waals surface area (Å²) in [4.78, 5) is 30.3. The molecule has 2 aromatic rings. The first-order valence-corrected chi connectivity index (χ1v) is 3.54. The molecule has 6 heteroatoms. The molecule has 0 saturated heterocycles.